The van der Waals surface area contributed by atoms with Crippen LogP contribution in [0.1, 0.15) is 19.4 Å². The summed E-state index contributed by atoms with van der Waals surface area (Å²) in [5, 5.41) is 2.77. The zero-order valence-corrected chi connectivity index (χ0v) is 16.8. The molecule has 4 amide bonds. The van der Waals surface area contributed by atoms with Crippen LogP contribution in [0.25, 0.3) is 0 Å². The molecular weight excluding hydrogens is 372 g/mol. The third-order valence-electron chi connectivity index (χ3n) is 4.85. The van der Waals surface area contributed by atoms with Crippen LogP contribution in [0.15, 0.2) is 46.7 Å². The van der Waals surface area contributed by atoms with E-state index in [1.807, 2.05) is 37.3 Å². The topological polar surface area (TPSA) is 91.1 Å². The van der Waals surface area contributed by atoms with Crippen molar-refractivity contribution < 1.29 is 23.7 Å². The molecule has 29 heavy (non-hydrogen) atoms. The second-order valence-corrected chi connectivity index (χ2v) is 6.88. The highest BCUT2D eigenvalue weighted by Crippen LogP contribution is 2.27. The van der Waals surface area contributed by atoms with Gasteiger partial charge in [-0.1, -0.05) is 30.3 Å². The van der Waals surface area contributed by atoms with Gasteiger partial charge in [0.15, 0.2) is 12.5 Å². The fraction of sp³-hybridized carbons (Fsp3) is 0.381. The molecule has 152 valence electrons. The number of hydrogen-bond donors (Lipinski definition) is 1. The molecule has 8 heteroatoms. The molecule has 0 bridgehead atoms. The lowest BCUT2D eigenvalue weighted by Crippen LogP contribution is -2.57. The van der Waals surface area contributed by atoms with Crippen LogP contribution in [-0.4, -0.2) is 66.1 Å². The molecule has 0 aromatic heterocycles. The Kier molecular flexibility index (Phi) is 6.21. The predicted octanol–water partition coefficient (Wildman–Crippen LogP) is 1.36. The highest BCUT2D eigenvalue weighted by Gasteiger charge is 2.50. The van der Waals surface area contributed by atoms with E-state index in [1.165, 1.54) is 4.58 Å². The van der Waals surface area contributed by atoms with Crippen molar-refractivity contribution in [2.24, 2.45) is 10.9 Å². The molecule has 0 fully saturated rings. The molecule has 1 N–H and O–H groups in total. The van der Waals surface area contributed by atoms with Gasteiger partial charge in [0.2, 0.25) is 0 Å². The number of aliphatic imine (C=N–C) groups is 1. The fourth-order valence-electron chi connectivity index (χ4n) is 3.37. The standard InChI is InChI=1S/C21H24N4O4/c1-4-29-18-14(2)12-23-19-17(18)20(27)25(21(28)24(19)3)13-16(26)22-11-10-15-8-6-5-7-9-15/h5-9,12,17H,4,10-11,13H2,1-3H3/p+1. The van der Waals surface area contributed by atoms with E-state index in [0.717, 1.165) is 16.0 Å². The molecule has 0 aliphatic carbocycles. The Morgan fingerprint density at radius 3 is 2.69 bits per heavy atom. The lowest BCUT2D eigenvalue weighted by Gasteiger charge is -2.29. The van der Waals surface area contributed by atoms with Gasteiger partial charge in [-0.15, -0.1) is 4.99 Å². The molecule has 3 rings (SSSR count). The first-order valence-corrected chi connectivity index (χ1v) is 9.58. The van der Waals surface area contributed by atoms with E-state index in [1.54, 1.807) is 20.2 Å². The number of hydrogen-bond acceptors (Lipinski definition) is 5. The van der Waals surface area contributed by atoms with Crippen molar-refractivity contribution in [3.05, 3.63) is 47.2 Å². The highest BCUT2D eigenvalue weighted by molar-refractivity contribution is 6.16. The normalized spacial score (nSPS) is 18.9. The van der Waals surface area contributed by atoms with E-state index in [0.29, 0.717) is 31.2 Å². The monoisotopic (exact) mass is 397 g/mol. The van der Waals surface area contributed by atoms with Crippen molar-refractivity contribution in [2.45, 2.75) is 20.3 Å². The summed E-state index contributed by atoms with van der Waals surface area (Å²) >= 11 is 0. The van der Waals surface area contributed by atoms with E-state index in [-0.39, 0.29) is 6.54 Å². The van der Waals surface area contributed by atoms with Gasteiger partial charge >= 0.3 is 11.9 Å². The minimum Gasteiger partial charge on any atom is -0.496 e. The molecule has 1 aromatic rings. The number of dihydropyridines is 1. The van der Waals surface area contributed by atoms with Crippen LogP contribution in [-0.2, 0) is 20.7 Å². The third-order valence-corrected chi connectivity index (χ3v) is 4.85. The van der Waals surface area contributed by atoms with E-state index in [4.69, 9.17) is 4.74 Å². The first-order chi connectivity index (χ1) is 13.9. The van der Waals surface area contributed by atoms with Gasteiger partial charge in [-0.2, -0.15) is 9.48 Å². The molecule has 0 saturated carbocycles. The Morgan fingerprint density at radius 2 is 2.00 bits per heavy atom. The average Bonchev–Trinajstić information content (AvgIpc) is 2.72. The number of fused-ring (bicyclic) bond motifs is 1. The summed E-state index contributed by atoms with van der Waals surface area (Å²) in [4.78, 5) is 43.3. The number of nitrogens with one attached hydrogen (secondary N) is 1. The molecule has 1 aromatic carbocycles. The lowest BCUT2D eigenvalue weighted by molar-refractivity contribution is -0.408. The van der Waals surface area contributed by atoms with Gasteiger partial charge in [0, 0.05) is 12.1 Å². The second-order valence-electron chi connectivity index (χ2n) is 6.88. The van der Waals surface area contributed by atoms with Gasteiger partial charge in [0.05, 0.1) is 13.7 Å². The molecule has 0 saturated heterocycles. The summed E-state index contributed by atoms with van der Waals surface area (Å²) < 4.78 is 6.96. The minimum absolute atomic E-state index is 0.315. The van der Waals surface area contributed by atoms with E-state index in [9.17, 15) is 14.4 Å². The maximum Gasteiger partial charge on any atom is 0.446 e. The summed E-state index contributed by atoms with van der Waals surface area (Å²) in [5.74, 6) is -0.927. The highest BCUT2D eigenvalue weighted by atomic mass is 16.5. The van der Waals surface area contributed by atoms with Crippen LogP contribution < -0.4 is 5.32 Å². The number of urea groups is 1. The molecule has 1 atom stereocenters. The van der Waals surface area contributed by atoms with Crippen molar-refractivity contribution >= 4 is 29.9 Å². The summed E-state index contributed by atoms with van der Waals surface area (Å²) in [5.41, 5.74) is 1.82. The molecule has 0 radical (unpaired) electrons. The summed E-state index contributed by atoms with van der Waals surface area (Å²) in [6, 6.07) is 9.17. The van der Waals surface area contributed by atoms with E-state index in [2.05, 4.69) is 10.3 Å². The van der Waals surface area contributed by atoms with Gasteiger partial charge in [0.1, 0.15) is 12.0 Å². The van der Waals surface area contributed by atoms with Crippen LogP contribution in [0.4, 0.5) is 4.79 Å². The maximum atomic E-state index is 13.1. The van der Waals surface area contributed by atoms with Gasteiger partial charge < -0.3 is 10.1 Å². The molecule has 2 aliphatic rings. The third kappa shape index (κ3) is 4.26. The van der Waals surface area contributed by atoms with Crippen LogP contribution in [0.5, 0.6) is 0 Å². The minimum atomic E-state index is -0.820. The van der Waals surface area contributed by atoms with Crippen LogP contribution in [0.2, 0.25) is 0 Å². The summed E-state index contributed by atoms with van der Waals surface area (Å²) in [6.07, 6.45) is 2.25. The number of rotatable bonds is 7. The maximum absolute atomic E-state index is 13.1. The quantitative estimate of drug-likeness (QED) is 0.704. The fourth-order valence-corrected chi connectivity index (χ4v) is 3.37. The largest absolute Gasteiger partial charge is 0.496 e. The number of benzene rings is 1. The number of carbonyl (C=O) groups excluding carboxylic acids is 3. The second kappa shape index (κ2) is 8.81. The van der Waals surface area contributed by atoms with Gasteiger partial charge in [0.25, 0.3) is 11.7 Å². The molecule has 1 unspecified atom stereocenters. The van der Waals surface area contributed by atoms with Crippen molar-refractivity contribution in [3.63, 3.8) is 0 Å². The number of allylic oxidation sites excluding steroid dienone is 1. The Labute approximate surface area is 169 Å². The zero-order valence-electron chi connectivity index (χ0n) is 16.8. The summed E-state index contributed by atoms with van der Waals surface area (Å²) in [7, 11) is 1.54. The van der Waals surface area contributed by atoms with Crippen LogP contribution in [0, 0.1) is 5.92 Å². The van der Waals surface area contributed by atoms with Crippen LogP contribution in [0.3, 0.4) is 0 Å². The number of amidine groups is 1. The van der Waals surface area contributed by atoms with Crippen molar-refractivity contribution in [1.82, 2.24) is 10.2 Å². The number of ether oxygens (including phenoxy) is 1. The molecule has 2 heterocycles. The Bertz CT molecular complexity index is 918. The van der Waals surface area contributed by atoms with Gasteiger partial charge in [-0.3, -0.25) is 9.59 Å². The van der Waals surface area contributed by atoms with Gasteiger partial charge in [-0.05, 0) is 25.8 Å². The SMILES string of the molecule is CCOC1=C(C)C=NC2=[N+](C)C(=O)N(CC(=O)NCCc3ccccc3)C(=O)C12. The Balaban J connectivity index is 1.71. The smallest absolute Gasteiger partial charge is 0.446 e. The number of imide groups is 1. The average molecular weight is 397 g/mol. The van der Waals surface area contributed by atoms with E-state index < -0.39 is 23.8 Å². The lowest BCUT2D eigenvalue weighted by atomic mass is 9.96. The van der Waals surface area contributed by atoms with Crippen molar-refractivity contribution in [1.29, 1.82) is 0 Å². The molecular formula is C21H25N4O4+. The number of nitrogens with zero attached hydrogens (tertiary/aromatic N) is 3. The Hall–Kier alpha value is -3.29. The Morgan fingerprint density at radius 1 is 1.28 bits per heavy atom. The number of carbonyl (C=O) groups is 3. The predicted molar refractivity (Wildman–Crippen MR) is 108 cm³/mol. The van der Waals surface area contributed by atoms with E-state index >= 15 is 0 Å². The zero-order chi connectivity index (χ0) is 21.0. The van der Waals surface area contributed by atoms with Crippen molar-refractivity contribution in [2.75, 3.05) is 26.7 Å². The molecule has 2 aliphatic heterocycles. The first-order valence-electron chi connectivity index (χ1n) is 9.58. The molecule has 8 nitrogen and oxygen atoms in total. The van der Waals surface area contributed by atoms with Crippen LogP contribution >= 0.6 is 0 Å². The van der Waals surface area contributed by atoms with Gasteiger partial charge in [-0.25, -0.2) is 4.79 Å². The first kappa shape index (κ1) is 20.4. The number of amides is 4. The summed E-state index contributed by atoms with van der Waals surface area (Å²) in [6.45, 7) is 4.09. The molecule has 0 spiro atoms. The van der Waals surface area contributed by atoms with Crippen molar-refractivity contribution in [3.8, 4) is 0 Å².